The summed E-state index contributed by atoms with van der Waals surface area (Å²) in [5.74, 6) is -0.237. The first-order valence-electron chi connectivity index (χ1n) is 8.57. The van der Waals surface area contributed by atoms with Gasteiger partial charge in [0.1, 0.15) is 0 Å². The smallest absolute Gasteiger partial charge is 0.409 e. The Kier molecular flexibility index (Phi) is 6.46. The number of nitrogens with one attached hydrogen (secondary N) is 1. The fourth-order valence-corrected chi connectivity index (χ4v) is 3.07. The summed E-state index contributed by atoms with van der Waals surface area (Å²) in [6.07, 6.45) is 1.24. The number of anilines is 2. The standard InChI is InChI=1S/C18H27N3O3/c1-4-20(5-2)16-10-8-15(9-11-16)19-17(22)14-7-6-12-21(13-14)18(23)24-3/h8-11,14H,4-7,12-13H2,1-3H3,(H,19,22). The van der Waals surface area contributed by atoms with Crippen molar-refractivity contribution < 1.29 is 14.3 Å². The number of piperidine rings is 1. The first kappa shape index (κ1) is 18.1. The Bertz CT molecular complexity index is 555. The molecule has 0 aromatic heterocycles. The number of rotatable bonds is 5. The molecule has 1 heterocycles. The van der Waals surface area contributed by atoms with E-state index in [1.54, 1.807) is 4.90 Å². The highest BCUT2D eigenvalue weighted by atomic mass is 16.5. The zero-order chi connectivity index (χ0) is 17.5. The predicted octanol–water partition coefficient (Wildman–Crippen LogP) is 2.95. The van der Waals surface area contributed by atoms with Crippen LogP contribution in [0.5, 0.6) is 0 Å². The van der Waals surface area contributed by atoms with Crippen LogP contribution in [0.4, 0.5) is 16.2 Å². The zero-order valence-corrected chi connectivity index (χ0v) is 14.7. The van der Waals surface area contributed by atoms with Gasteiger partial charge in [-0.25, -0.2) is 4.79 Å². The van der Waals surface area contributed by atoms with E-state index in [1.165, 1.54) is 7.11 Å². The number of hydrogen-bond acceptors (Lipinski definition) is 4. The van der Waals surface area contributed by atoms with Crippen LogP contribution in [0.25, 0.3) is 0 Å². The number of carbonyl (C=O) groups excluding carboxylic acids is 2. The molecule has 1 aromatic carbocycles. The molecule has 0 radical (unpaired) electrons. The number of methoxy groups -OCH3 is 1. The Morgan fingerprint density at radius 2 is 1.92 bits per heavy atom. The molecule has 0 aliphatic carbocycles. The molecule has 2 amide bonds. The van der Waals surface area contributed by atoms with Crippen molar-refractivity contribution in [2.75, 3.05) is 43.5 Å². The molecular formula is C18H27N3O3. The molecule has 1 aliphatic rings. The molecule has 6 nitrogen and oxygen atoms in total. The number of benzene rings is 1. The lowest BCUT2D eigenvalue weighted by Crippen LogP contribution is -2.43. The van der Waals surface area contributed by atoms with Crippen molar-refractivity contribution in [3.8, 4) is 0 Å². The Morgan fingerprint density at radius 1 is 1.25 bits per heavy atom. The Morgan fingerprint density at radius 3 is 2.50 bits per heavy atom. The summed E-state index contributed by atoms with van der Waals surface area (Å²) < 4.78 is 4.74. The first-order valence-corrected chi connectivity index (χ1v) is 8.57. The first-order chi connectivity index (χ1) is 11.6. The van der Waals surface area contributed by atoms with Crippen LogP contribution in [0.2, 0.25) is 0 Å². The third-order valence-electron chi connectivity index (χ3n) is 4.49. The highest BCUT2D eigenvalue weighted by Crippen LogP contribution is 2.21. The zero-order valence-electron chi connectivity index (χ0n) is 14.7. The van der Waals surface area contributed by atoms with E-state index in [0.29, 0.717) is 13.1 Å². The van der Waals surface area contributed by atoms with E-state index in [4.69, 9.17) is 4.74 Å². The van der Waals surface area contributed by atoms with Crippen LogP contribution in [0, 0.1) is 5.92 Å². The predicted molar refractivity (Wildman–Crippen MR) is 95.3 cm³/mol. The molecule has 2 rings (SSSR count). The van der Waals surface area contributed by atoms with Crippen molar-refractivity contribution in [3.63, 3.8) is 0 Å². The Labute approximate surface area is 143 Å². The summed E-state index contributed by atoms with van der Waals surface area (Å²) in [5, 5.41) is 2.96. The monoisotopic (exact) mass is 333 g/mol. The molecule has 1 aliphatic heterocycles. The number of carbonyl (C=O) groups is 2. The van der Waals surface area contributed by atoms with E-state index >= 15 is 0 Å². The van der Waals surface area contributed by atoms with E-state index < -0.39 is 0 Å². The minimum Gasteiger partial charge on any atom is -0.453 e. The molecule has 0 bridgehead atoms. The van der Waals surface area contributed by atoms with Crippen molar-refractivity contribution in [3.05, 3.63) is 24.3 Å². The quantitative estimate of drug-likeness (QED) is 0.900. The summed E-state index contributed by atoms with van der Waals surface area (Å²) in [7, 11) is 1.36. The molecule has 1 saturated heterocycles. The normalized spacial score (nSPS) is 17.3. The molecular weight excluding hydrogens is 306 g/mol. The average Bonchev–Trinajstić information content (AvgIpc) is 2.63. The fourth-order valence-electron chi connectivity index (χ4n) is 3.07. The van der Waals surface area contributed by atoms with Crippen molar-refractivity contribution in [2.45, 2.75) is 26.7 Å². The molecule has 1 N–H and O–H groups in total. The Balaban J connectivity index is 1.95. The SMILES string of the molecule is CCN(CC)c1ccc(NC(=O)C2CCCN(C(=O)OC)C2)cc1. The summed E-state index contributed by atoms with van der Waals surface area (Å²) in [6, 6.07) is 7.88. The molecule has 1 atom stereocenters. The lowest BCUT2D eigenvalue weighted by atomic mass is 9.97. The highest BCUT2D eigenvalue weighted by Gasteiger charge is 2.28. The number of ether oxygens (including phenoxy) is 1. The topological polar surface area (TPSA) is 61.9 Å². The lowest BCUT2D eigenvalue weighted by molar-refractivity contribution is -0.121. The van der Waals surface area contributed by atoms with Gasteiger partial charge in [0.15, 0.2) is 0 Å². The maximum absolute atomic E-state index is 12.5. The van der Waals surface area contributed by atoms with E-state index in [-0.39, 0.29) is 17.9 Å². The lowest BCUT2D eigenvalue weighted by Gasteiger charge is -2.30. The van der Waals surface area contributed by atoms with Crippen LogP contribution < -0.4 is 10.2 Å². The van der Waals surface area contributed by atoms with Gasteiger partial charge in [-0.15, -0.1) is 0 Å². The second-order valence-corrected chi connectivity index (χ2v) is 5.96. The van der Waals surface area contributed by atoms with Crippen LogP contribution in [-0.4, -0.2) is 50.2 Å². The molecule has 1 fully saturated rings. The van der Waals surface area contributed by atoms with Crippen molar-refractivity contribution in [1.82, 2.24) is 4.90 Å². The third kappa shape index (κ3) is 4.40. The van der Waals surface area contributed by atoms with Crippen LogP contribution in [0.3, 0.4) is 0 Å². The largest absolute Gasteiger partial charge is 0.453 e. The number of amides is 2. The van der Waals surface area contributed by atoms with Gasteiger partial charge in [-0.1, -0.05) is 0 Å². The van der Waals surface area contributed by atoms with Gasteiger partial charge in [0.05, 0.1) is 13.0 Å². The molecule has 0 spiro atoms. The van der Waals surface area contributed by atoms with E-state index in [0.717, 1.165) is 37.3 Å². The van der Waals surface area contributed by atoms with Gasteiger partial charge in [0.25, 0.3) is 0 Å². The van der Waals surface area contributed by atoms with Crippen LogP contribution >= 0.6 is 0 Å². The van der Waals surface area contributed by atoms with Crippen LogP contribution in [0.1, 0.15) is 26.7 Å². The van der Waals surface area contributed by atoms with Crippen LogP contribution in [-0.2, 0) is 9.53 Å². The average molecular weight is 333 g/mol. The van der Waals surface area contributed by atoms with Gasteiger partial charge in [-0.2, -0.15) is 0 Å². The van der Waals surface area contributed by atoms with Crippen molar-refractivity contribution in [2.24, 2.45) is 5.92 Å². The molecule has 0 saturated carbocycles. The summed E-state index contributed by atoms with van der Waals surface area (Å²) >= 11 is 0. The van der Waals surface area contributed by atoms with Crippen LogP contribution in [0.15, 0.2) is 24.3 Å². The number of hydrogen-bond donors (Lipinski definition) is 1. The van der Waals surface area contributed by atoms with Gasteiger partial charge in [-0.05, 0) is 51.0 Å². The van der Waals surface area contributed by atoms with Gasteiger partial charge in [0, 0.05) is 37.6 Å². The summed E-state index contributed by atoms with van der Waals surface area (Å²) in [6.45, 7) is 7.21. The second kappa shape index (κ2) is 8.57. The Hall–Kier alpha value is -2.24. The van der Waals surface area contributed by atoms with Gasteiger partial charge >= 0.3 is 6.09 Å². The minimum atomic E-state index is -0.365. The van der Waals surface area contributed by atoms with Gasteiger partial charge < -0.3 is 19.9 Å². The highest BCUT2D eigenvalue weighted by molar-refractivity contribution is 5.93. The number of nitrogens with zero attached hydrogens (tertiary/aromatic N) is 2. The second-order valence-electron chi connectivity index (χ2n) is 5.96. The molecule has 6 heteroatoms. The fraction of sp³-hybridized carbons (Fsp3) is 0.556. The molecule has 132 valence electrons. The molecule has 1 unspecified atom stereocenters. The minimum absolute atomic E-state index is 0.0424. The summed E-state index contributed by atoms with van der Waals surface area (Å²) in [5.41, 5.74) is 1.93. The van der Waals surface area contributed by atoms with Crippen molar-refractivity contribution in [1.29, 1.82) is 0 Å². The molecule has 1 aromatic rings. The maximum atomic E-state index is 12.5. The van der Waals surface area contributed by atoms with E-state index in [2.05, 4.69) is 24.1 Å². The van der Waals surface area contributed by atoms with Gasteiger partial charge in [0.2, 0.25) is 5.91 Å². The third-order valence-corrected chi connectivity index (χ3v) is 4.49. The summed E-state index contributed by atoms with van der Waals surface area (Å²) in [4.78, 5) is 27.9. The van der Waals surface area contributed by atoms with Gasteiger partial charge in [-0.3, -0.25) is 4.79 Å². The maximum Gasteiger partial charge on any atom is 0.409 e. The van der Waals surface area contributed by atoms with E-state index in [1.807, 2.05) is 24.3 Å². The molecule has 24 heavy (non-hydrogen) atoms. The van der Waals surface area contributed by atoms with E-state index in [9.17, 15) is 9.59 Å². The van der Waals surface area contributed by atoms with Crippen molar-refractivity contribution >= 4 is 23.4 Å². The number of likely N-dealkylation sites (tertiary alicyclic amines) is 1.